The summed E-state index contributed by atoms with van der Waals surface area (Å²) in [5.41, 5.74) is 0.826. The lowest BCUT2D eigenvalue weighted by Crippen LogP contribution is -2.58. The Morgan fingerprint density at radius 1 is 1.14 bits per heavy atom. The summed E-state index contributed by atoms with van der Waals surface area (Å²) >= 11 is 0. The number of halogens is 1. The molecule has 7 heteroatoms. The summed E-state index contributed by atoms with van der Waals surface area (Å²) in [6.45, 7) is 5.38. The molecule has 4 aliphatic rings. The Bertz CT molecular complexity index is 1160. The van der Waals surface area contributed by atoms with Crippen LogP contribution in [0.5, 0.6) is 0 Å². The van der Waals surface area contributed by atoms with Crippen molar-refractivity contribution in [1.29, 1.82) is 0 Å². The van der Waals surface area contributed by atoms with Gasteiger partial charge in [0.2, 0.25) is 0 Å². The van der Waals surface area contributed by atoms with Crippen molar-refractivity contribution in [2.45, 2.75) is 83.8 Å². The Labute approximate surface area is 213 Å². The average Bonchev–Trinajstić information content (AvgIpc) is 3.39. The van der Waals surface area contributed by atoms with E-state index in [0.29, 0.717) is 34.7 Å². The number of hydrogen-bond acceptors (Lipinski definition) is 5. The van der Waals surface area contributed by atoms with E-state index in [0.717, 1.165) is 58.0 Å². The van der Waals surface area contributed by atoms with Crippen LogP contribution in [0.15, 0.2) is 18.2 Å². The van der Waals surface area contributed by atoms with E-state index >= 15 is 0 Å². The van der Waals surface area contributed by atoms with Crippen LogP contribution in [0.25, 0.3) is 11.0 Å². The van der Waals surface area contributed by atoms with Crippen molar-refractivity contribution in [2.24, 2.45) is 40.4 Å². The number of carbonyl (C=O) groups is 1. The first kappa shape index (κ1) is 24.5. The van der Waals surface area contributed by atoms with Crippen LogP contribution in [-0.4, -0.2) is 45.2 Å². The first-order valence-corrected chi connectivity index (χ1v) is 13.9. The molecule has 6 rings (SSSR count). The number of carbonyl (C=O) groups excluding carboxylic acids is 1. The molecule has 0 unspecified atom stereocenters. The van der Waals surface area contributed by atoms with Gasteiger partial charge in [0.15, 0.2) is 5.78 Å². The van der Waals surface area contributed by atoms with Crippen molar-refractivity contribution in [3.63, 3.8) is 0 Å². The number of methoxy groups -OCH3 is 1. The SMILES string of the molecule is COC[C@]12CC[C@@](C)(O)C[C@H]1CC[C@H]1[C@@H]3CC[C@H](C(=O)Cn4nnc5cc(F)ccc54)[C@@]3(C)CC[C@@H]12. The van der Waals surface area contributed by atoms with Gasteiger partial charge in [-0.2, -0.15) is 0 Å². The zero-order valence-corrected chi connectivity index (χ0v) is 21.9. The summed E-state index contributed by atoms with van der Waals surface area (Å²) in [6.07, 6.45) is 9.44. The van der Waals surface area contributed by atoms with E-state index in [1.807, 2.05) is 14.0 Å². The van der Waals surface area contributed by atoms with Gasteiger partial charge in [0.25, 0.3) is 0 Å². The third kappa shape index (κ3) is 3.67. The molecule has 1 N–H and O–H groups in total. The topological polar surface area (TPSA) is 77.2 Å². The fraction of sp³-hybridized carbons (Fsp3) is 0.759. The minimum atomic E-state index is -0.555. The van der Waals surface area contributed by atoms with Crippen LogP contribution in [-0.2, 0) is 16.1 Å². The second-order valence-electron chi connectivity index (χ2n) is 13.0. The lowest BCUT2D eigenvalue weighted by atomic mass is 9.43. The van der Waals surface area contributed by atoms with Crippen molar-refractivity contribution in [3.8, 4) is 0 Å². The van der Waals surface area contributed by atoms with Crippen molar-refractivity contribution >= 4 is 16.8 Å². The predicted octanol–water partition coefficient (Wildman–Crippen LogP) is 5.18. The number of rotatable bonds is 5. The molecular formula is C29H40FN3O3. The molecule has 196 valence electrons. The summed E-state index contributed by atoms with van der Waals surface area (Å²) in [5, 5.41) is 19.1. The number of Topliss-reactive ketones (excluding diaryl/α,β-unsaturated/α-hetero) is 1. The van der Waals surface area contributed by atoms with Gasteiger partial charge in [-0.05, 0) is 111 Å². The molecule has 0 bridgehead atoms. The third-order valence-corrected chi connectivity index (χ3v) is 11.2. The molecule has 0 amide bonds. The number of aliphatic hydroxyl groups is 1. The highest BCUT2D eigenvalue weighted by atomic mass is 19.1. The van der Waals surface area contributed by atoms with Crippen LogP contribution in [0.1, 0.15) is 71.6 Å². The molecule has 8 atom stereocenters. The highest BCUT2D eigenvalue weighted by Gasteiger charge is 2.63. The van der Waals surface area contributed by atoms with E-state index in [4.69, 9.17) is 4.74 Å². The number of benzene rings is 1. The minimum absolute atomic E-state index is 0.0159. The molecule has 0 spiro atoms. The number of ketones is 1. The first-order chi connectivity index (χ1) is 17.2. The maximum absolute atomic E-state index is 13.7. The highest BCUT2D eigenvalue weighted by Crippen LogP contribution is 2.68. The molecule has 0 aliphatic heterocycles. The molecule has 1 aromatic heterocycles. The third-order valence-electron chi connectivity index (χ3n) is 11.2. The van der Waals surface area contributed by atoms with Gasteiger partial charge in [0.1, 0.15) is 17.9 Å². The Morgan fingerprint density at radius 3 is 2.78 bits per heavy atom. The van der Waals surface area contributed by atoms with Gasteiger partial charge in [-0.15, -0.1) is 5.10 Å². The van der Waals surface area contributed by atoms with Gasteiger partial charge in [0.05, 0.1) is 17.7 Å². The second kappa shape index (κ2) is 8.59. The Kier molecular flexibility index (Phi) is 5.84. The van der Waals surface area contributed by atoms with Crippen molar-refractivity contribution in [2.75, 3.05) is 13.7 Å². The second-order valence-corrected chi connectivity index (χ2v) is 13.0. The lowest BCUT2D eigenvalue weighted by Gasteiger charge is -2.62. The number of fused-ring (bicyclic) bond motifs is 6. The number of ether oxygens (including phenoxy) is 1. The van der Waals surface area contributed by atoms with Gasteiger partial charge in [-0.1, -0.05) is 12.1 Å². The zero-order chi connectivity index (χ0) is 25.3. The van der Waals surface area contributed by atoms with Gasteiger partial charge < -0.3 is 9.84 Å². The molecule has 4 fully saturated rings. The standard InChI is InChI=1S/C29H40FN3O3/c1-27(35)12-13-29(17-36-3)18(15-27)4-6-20-21-7-8-23(28(21,2)11-10-22(20)29)26(34)16-33-25-9-5-19(30)14-24(25)31-32-33/h5,9,14,18,20-23,35H,4,6-8,10-13,15-17H2,1-3H3/t18-,20+,21+,22+,23-,27-,28+,29-/m1/s1. The monoisotopic (exact) mass is 497 g/mol. The normalized spacial score (nSPS) is 42.1. The largest absolute Gasteiger partial charge is 0.390 e. The number of nitrogens with zero attached hydrogens (tertiary/aromatic N) is 3. The van der Waals surface area contributed by atoms with E-state index in [1.54, 1.807) is 10.7 Å². The molecule has 1 heterocycles. The van der Waals surface area contributed by atoms with Crippen LogP contribution in [0.2, 0.25) is 0 Å². The molecule has 36 heavy (non-hydrogen) atoms. The summed E-state index contributed by atoms with van der Waals surface area (Å²) < 4.78 is 21.1. The number of aromatic nitrogens is 3. The summed E-state index contributed by atoms with van der Waals surface area (Å²) in [6, 6.07) is 4.43. The Hall–Kier alpha value is -1.86. The van der Waals surface area contributed by atoms with Crippen molar-refractivity contribution in [1.82, 2.24) is 15.0 Å². The minimum Gasteiger partial charge on any atom is -0.390 e. The van der Waals surface area contributed by atoms with E-state index < -0.39 is 5.60 Å². The van der Waals surface area contributed by atoms with E-state index in [2.05, 4.69) is 17.2 Å². The van der Waals surface area contributed by atoms with Gasteiger partial charge in [-0.3, -0.25) is 4.79 Å². The van der Waals surface area contributed by atoms with Crippen LogP contribution < -0.4 is 0 Å². The van der Waals surface area contributed by atoms with Crippen LogP contribution in [0.3, 0.4) is 0 Å². The van der Waals surface area contributed by atoms with Crippen LogP contribution >= 0.6 is 0 Å². The summed E-state index contributed by atoms with van der Waals surface area (Å²) in [4.78, 5) is 13.7. The van der Waals surface area contributed by atoms with Crippen LogP contribution in [0, 0.1) is 46.2 Å². The van der Waals surface area contributed by atoms with E-state index in [1.165, 1.54) is 18.6 Å². The lowest BCUT2D eigenvalue weighted by molar-refractivity contribution is -0.175. The summed E-state index contributed by atoms with van der Waals surface area (Å²) in [7, 11) is 1.83. The molecule has 2 aromatic rings. The average molecular weight is 498 g/mol. The maximum Gasteiger partial charge on any atom is 0.157 e. The van der Waals surface area contributed by atoms with Gasteiger partial charge in [-0.25, -0.2) is 9.07 Å². The fourth-order valence-electron chi connectivity index (χ4n) is 9.63. The van der Waals surface area contributed by atoms with Crippen molar-refractivity contribution < 1.29 is 19.0 Å². The number of hydrogen-bond donors (Lipinski definition) is 1. The quantitative estimate of drug-likeness (QED) is 0.616. The highest BCUT2D eigenvalue weighted by molar-refractivity contribution is 5.84. The molecule has 1 aromatic carbocycles. The fourth-order valence-corrected chi connectivity index (χ4v) is 9.63. The molecule has 4 saturated carbocycles. The van der Waals surface area contributed by atoms with Gasteiger partial charge >= 0.3 is 0 Å². The summed E-state index contributed by atoms with van der Waals surface area (Å²) in [5.74, 6) is 2.26. The molecule has 4 aliphatic carbocycles. The molecule has 6 nitrogen and oxygen atoms in total. The van der Waals surface area contributed by atoms with Crippen molar-refractivity contribution in [3.05, 3.63) is 24.0 Å². The molecule has 0 radical (unpaired) electrons. The van der Waals surface area contributed by atoms with E-state index in [9.17, 15) is 14.3 Å². The molecule has 0 saturated heterocycles. The first-order valence-electron chi connectivity index (χ1n) is 13.9. The Balaban J connectivity index is 1.23. The smallest absolute Gasteiger partial charge is 0.157 e. The molecular weight excluding hydrogens is 457 g/mol. The van der Waals surface area contributed by atoms with Crippen LogP contribution in [0.4, 0.5) is 4.39 Å². The maximum atomic E-state index is 13.7. The Morgan fingerprint density at radius 2 is 1.97 bits per heavy atom. The zero-order valence-electron chi connectivity index (χ0n) is 21.9. The van der Waals surface area contributed by atoms with E-state index in [-0.39, 0.29) is 34.9 Å². The van der Waals surface area contributed by atoms with Gasteiger partial charge in [0, 0.05) is 19.1 Å². The predicted molar refractivity (Wildman–Crippen MR) is 135 cm³/mol.